The Morgan fingerprint density at radius 3 is 2.83 bits per heavy atom. The minimum Gasteiger partial charge on any atom is -0.356 e. The van der Waals surface area contributed by atoms with Crippen molar-refractivity contribution in [1.29, 1.82) is 0 Å². The molecule has 0 bridgehead atoms. The zero-order valence-electron chi connectivity index (χ0n) is 10.8. The molecule has 0 aliphatic rings. The zero-order chi connectivity index (χ0) is 13.4. The van der Waals surface area contributed by atoms with Gasteiger partial charge in [0.15, 0.2) is 0 Å². The van der Waals surface area contributed by atoms with Gasteiger partial charge in [0.25, 0.3) is 0 Å². The van der Waals surface area contributed by atoms with Crippen molar-refractivity contribution >= 4 is 5.91 Å². The molecule has 0 radical (unpaired) electrons. The fourth-order valence-corrected chi connectivity index (χ4v) is 1.82. The first-order valence-electron chi connectivity index (χ1n) is 6.39. The second-order valence-electron chi connectivity index (χ2n) is 4.44. The van der Waals surface area contributed by atoms with Gasteiger partial charge in [-0.15, -0.1) is 0 Å². The first-order valence-corrected chi connectivity index (χ1v) is 6.39. The Morgan fingerprint density at radius 2 is 2.17 bits per heavy atom. The second kappa shape index (κ2) is 7.82. The highest BCUT2D eigenvalue weighted by atomic mass is 19.1. The van der Waals surface area contributed by atoms with E-state index in [4.69, 9.17) is 5.73 Å². The number of amides is 1. The largest absolute Gasteiger partial charge is 0.356 e. The number of hydrogen-bond acceptors (Lipinski definition) is 2. The van der Waals surface area contributed by atoms with Crippen molar-refractivity contribution in [3.05, 3.63) is 35.6 Å². The van der Waals surface area contributed by atoms with Crippen LogP contribution in [-0.2, 0) is 11.2 Å². The molecule has 1 aromatic rings. The molecule has 18 heavy (non-hydrogen) atoms. The fraction of sp³-hybridized carbons (Fsp3) is 0.500. The molecule has 0 aliphatic heterocycles. The van der Waals surface area contributed by atoms with Crippen molar-refractivity contribution in [2.24, 2.45) is 5.73 Å². The predicted octanol–water partition coefficient (Wildman–Crippen LogP) is 2.00. The average Bonchev–Trinajstić information content (AvgIpc) is 2.31. The van der Waals surface area contributed by atoms with Crippen LogP contribution in [0, 0.1) is 5.82 Å². The molecule has 1 amide bonds. The number of benzene rings is 1. The molecule has 1 rings (SSSR count). The number of hydrogen-bond donors (Lipinski definition) is 2. The molecule has 100 valence electrons. The standard InChI is InChI=1S/C14H21FN2O/c1-2-5-12(16)10-14(18)17-9-8-11-6-3-4-7-13(11)15/h3-4,6-7,12H,2,5,8-10,16H2,1H3,(H,17,18). The van der Waals surface area contributed by atoms with Gasteiger partial charge in [-0.1, -0.05) is 31.5 Å². The first-order chi connectivity index (χ1) is 8.63. The lowest BCUT2D eigenvalue weighted by molar-refractivity contribution is -0.121. The monoisotopic (exact) mass is 252 g/mol. The summed E-state index contributed by atoms with van der Waals surface area (Å²) in [4.78, 5) is 11.5. The summed E-state index contributed by atoms with van der Waals surface area (Å²) in [6.45, 7) is 2.48. The van der Waals surface area contributed by atoms with Gasteiger partial charge in [-0.05, 0) is 24.5 Å². The highest BCUT2D eigenvalue weighted by molar-refractivity contribution is 5.76. The summed E-state index contributed by atoms with van der Waals surface area (Å²) in [6, 6.07) is 6.51. The number of carbonyl (C=O) groups excluding carboxylic acids is 1. The van der Waals surface area contributed by atoms with Crippen molar-refractivity contribution in [1.82, 2.24) is 5.32 Å². The van der Waals surface area contributed by atoms with E-state index in [0.717, 1.165) is 12.8 Å². The van der Waals surface area contributed by atoms with E-state index in [0.29, 0.717) is 24.9 Å². The van der Waals surface area contributed by atoms with Crippen LogP contribution < -0.4 is 11.1 Å². The highest BCUT2D eigenvalue weighted by Crippen LogP contribution is 2.06. The van der Waals surface area contributed by atoms with Gasteiger partial charge in [-0.3, -0.25) is 4.79 Å². The average molecular weight is 252 g/mol. The van der Waals surface area contributed by atoms with Crippen LogP contribution >= 0.6 is 0 Å². The van der Waals surface area contributed by atoms with Gasteiger partial charge in [0.1, 0.15) is 5.82 Å². The van der Waals surface area contributed by atoms with Crippen molar-refractivity contribution in [3.8, 4) is 0 Å². The Balaban J connectivity index is 2.25. The van der Waals surface area contributed by atoms with Gasteiger partial charge in [0.05, 0.1) is 0 Å². The summed E-state index contributed by atoms with van der Waals surface area (Å²) in [5.41, 5.74) is 6.39. The highest BCUT2D eigenvalue weighted by Gasteiger charge is 2.08. The van der Waals surface area contributed by atoms with Crippen molar-refractivity contribution in [3.63, 3.8) is 0 Å². The number of nitrogens with one attached hydrogen (secondary N) is 1. The van der Waals surface area contributed by atoms with Crippen molar-refractivity contribution in [2.45, 2.75) is 38.6 Å². The number of nitrogens with two attached hydrogens (primary N) is 1. The summed E-state index contributed by atoms with van der Waals surface area (Å²) in [5.74, 6) is -0.290. The molecule has 0 aromatic heterocycles. The van der Waals surface area contributed by atoms with Gasteiger partial charge < -0.3 is 11.1 Å². The number of halogens is 1. The van der Waals surface area contributed by atoms with Crippen molar-refractivity contribution in [2.75, 3.05) is 6.54 Å². The van der Waals surface area contributed by atoms with Crippen molar-refractivity contribution < 1.29 is 9.18 Å². The van der Waals surface area contributed by atoms with E-state index in [-0.39, 0.29) is 17.8 Å². The lowest BCUT2D eigenvalue weighted by Gasteiger charge is -2.10. The van der Waals surface area contributed by atoms with E-state index in [9.17, 15) is 9.18 Å². The Morgan fingerprint density at radius 1 is 1.44 bits per heavy atom. The lowest BCUT2D eigenvalue weighted by atomic mass is 10.1. The van der Waals surface area contributed by atoms with Crippen LogP contribution in [0.15, 0.2) is 24.3 Å². The molecule has 3 N–H and O–H groups in total. The Hall–Kier alpha value is -1.42. The van der Waals surface area contributed by atoms with Crippen LogP contribution in [0.3, 0.4) is 0 Å². The maximum Gasteiger partial charge on any atom is 0.221 e. The SMILES string of the molecule is CCCC(N)CC(=O)NCCc1ccccc1F. The fourth-order valence-electron chi connectivity index (χ4n) is 1.82. The summed E-state index contributed by atoms with van der Waals surface area (Å²) in [7, 11) is 0. The van der Waals surface area contributed by atoms with Gasteiger partial charge in [0.2, 0.25) is 5.91 Å². The molecule has 0 fully saturated rings. The van der Waals surface area contributed by atoms with E-state index in [2.05, 4.69) is 5.32 Å². The number of rotatable bonds is 7. The van der Waals surface area contributed by atoms with Crippen LogP contribution in [-0.4, -0.2) is 18.5 Å². The maximum absolute atomic E-state index is 13.3. The quantitative estimate of drug-likeness (QED) is 0.780. The van der Waals surface area contributed by atoms with Crippen LogP contribution in [0.5, 0.6) is 0 Å². The molecule has 0 saturated carbocycles. The molecule has 1 unspecified atom stereocenters. The van der Waals surface area contributed by atoms with Gasteiger partial charge in [-0.25, -0.2) is 4.39 Å². The summed E-state index contributed by atoms with van der Waals surface area (Å²) in [5, 5.41) is 2.76. The lowest BCUT2D eigenvalue weighted by Crippen LogP contribution is -2.32. The normalized spacial score (nSPS) is 12.2. The molecule has 0 spiro atoms. The maximum atomic E-state index is 13.3. The van der Waals surface area contributed by atoms with E-state index < -0.39 is 0 Å². The molecule has 0 saturated heterocycles. The predicted molar refractivity (Wildman–Crippen MR) is 70.6 cm³/mol. The zero-order valence-corrected chi connectivity index (χ0v) is 10.8. The third kappa shape index (κ3) is 5.27. The Bertz CT molecular complexity index is 382. The first kappa shape index (κ1) is 14.6. The number of carbonyl (C=O) groups is 1. The smallest absolute Gasteiger partial charge is 0.221 e. The molecular formula is C14H21FN2O. The van der Waals surface area contributed by atoms with Gasteiger partial charge in [-0.2, -0.15) is 0 Å². The molecule has 1 atom stereocenters. The molecular weight excluding hydrogens is 231 g/mol. The summed E-state index contributed by atoms with van der Waals surface area (Å²) in [6.07, 6.45) is 2.66. The molecule has 3 nitrogen and oxygen atoms in total. The molecule has 0 aliphatic carbocycles. The van der Waals surface area contributed by atoms with Gasteiger partial charge in [0, 0.05) is 19.0 Å². The van der Waals surface area contributed by atoms with Crippen LogP contribution in [0.4, 0.5) is 4.39 Å². The molecule has 4 heteroatoms. The molecule has 1 aromatic carbocycles. The minimum absolute atomic E-state index is 0.0627. The van der Waals surface area contributed by atoms with Crippen LogP contribution in [0.1, 0.15) is 31.7 Å². The topological polar surface area (TPSA) is 55.1 Å². The van der Waals surface area contributed by atoms with E-state index in [1.165, 1.54) is 6.07 Å². The van der Waals surface area contributed by atoms with Crippen LogP contribution in [0.25, 0.3) is 0 Å². The van der Waals surface area contributed by atoms with Gasteiger partial charge >= 0.3 is 0 Å². The minimum atomic E-state index is -0.227. The third-order valence-electron chi connectivity index (χ3n) is 2.78. The van der Waals surface area contributed by atoms with E-state index >= 15 is 0 Å². The Kier molecular flexibility index (Phi) is 6.36. The summed E-state index contributed by atoms with van der Waals surface area (Å²) < 4.78 is 13.3. The summed E-state index contributed by atoms with van der Waals surface area (Å²) >= 11 is 0. The van der Waals surface area contributed by atoms with E-state index in [1.807, 2.05) is 6.92 Å². The Labute approximate surface area is 108 Å². The third-order valence-corrected chi connectivity index (χ3v) is 2.78. The van der Waals surface area contributed by atoms with E-state index in [1.54, 1.807) is 18.2 Å². The second-order valence-corrected chi connectivity index (χ2v) is 4.44. The molecule has 0 heterocycles. The van der Waals surface area contributed by atoms with Crippen LogP contribution in [0.2, 0.25) is 0 Å².